The van der Waals surface area contributed by atoms with Gasteiger partial charge in [0.15, 0.2) is 5.78 Å². The first-order valence-corrected chi connectivity index (χ1v) is 13.6. The highest BCUT2D eigenvalue weighted by atomic mass is 16.5. The molecule has 1 aliphatic carbocycles. The molecule has 4 N–H and O–H groups in total. The first-order chi connectivity index (χ1) is 19.7. The summed E-state index contributed by atoms with van der Waals surface area (Å²) < 4.78 is 4.77. The normalized spacial score (nSPS) is 18.5. The number of nitrogens with one attached hydrogen (secondary N) is 4. The lowest BCUT2D eigenvalue weighted by Gasteiger charge is -2.17. The van der Waals surface area contributed by atoms with Crippen molar-refractivity contribution in [1.29, 1.82) is 0 Å². The summed E-state index contributed by atoms with van der Waals surface area (Å²) in [5, 5.41) is 11.5. The second kappa shape index (κ2) is 13.4. The number of rotatable bonds is 13. The van der Waals surface area contributed by atoms with Gasteiger partial charge in [0.25, 0.3) is 11.8 Å². The van der Waals surface area contributed by atoms with E-state index in [1.807, 2.05) is 19.1 Å². The number of aromatic nitrogens is 3. The van der Waals surface area contributed by atoms with Crippen LogP contribution in [-0.2, 0) is 19.1 Å². The number of amides is 2. The molecule has 0 radical (unpaired) electrons. The number of nitrogens with zero attached hydrogens (tertiary/aromatic N) is 4. The number of ketones is 1. The highest BCUT2D eigenvalue weighted by molar-refractivity contribution is 6.03. The van der Waals surface area contributed by atoms with Crippen molar-refractivity contribution in [2.24, 2.45) is 11.8 Å². The predicted molar refractivity (Wildman–Crippen MR) is 156 cm³/mol. The third-order valence-corrected chi connectivity index (χ3v) is 7.41. The van der Waals surface area contributed by atoms with Crippen LogP contribution in [0.3, 0.4) is 0 Å². The number of Topliss-reactive ketones (excluding diaryl/α,β-unsaturated/α-hetero) is 1. The summed E-state index contributed by atoms with van der Waals surface area (Å²) in [6.45, 7) is 7.40. The monoisotopic (exact) mass is 562 g/mol. The molecule has 2 atom stereocenters. The van der Waals surface area contributed by atoms with Crippen LogP contribution in [0.15, 0.2) is 53.1 Å². The molecule has 12 heteroatoms. The lowest BCUT2D eigenvalue weighted by molar-refractivity contribution is -0.125. The molecule has 2 unspecified atom stereocenters. The molecule has 2 aliphatic rings. The third-order valence-electron chi connectivity index (χ3n) is 7.41. The Labute approximate surface area is 240 Å². The van der Waals surface area contributed by atoms with Gasteiger partial charge in [-0.15, -0.1) is 0 Å². The minimum Gasteiger partial charge on any atom is -0.377 e. The Kier molecular flexibility index (Phi) is 9.66. The average Bonchev–Trinajstić information content (AvgIpc) is 3.59. The van der Waals surface area contributed by atoms with E-state index in [-0.39, 0.29) is 30.7 Å². The fourth-order valence-electron chi connectivity index (χ4n) is 4.65. The van der Waals surface area contributed by atoms with Crippen LogP contribution in [0, 0.1) is 11.8 Å². The molecule has 12 nitrogen and oxygen atoms in total. The van der Waals surface area contributed by atoms with Crippen molar-refractivity contribution in [3.05, 3.63) is 53.1 Å². The van der Waals surface area contributed by atoms with E-state index in [1.54, 1.807) is 39.4 Å². The number of carbonyl (C=O) groups excluding carboxylic acids is 3. The summed E-state index contributed by atoms with van der Waals surface area (Å²) in [6, 6.07) is 5.41. The van der Waals surface area contributed by atoms with Crippen LogP contribution in [0.25, 0.3) is 11.3 Å². The van der Waals surface area contributed by atoms with Gasteiger partial charge in [-0.2, -0.15) is 0 Å². The van der Waals surface area contributed by atoms with E-state index in [1.165, 1.54) is 13.5 Å². The maximum atomic E-state index is 13.0. The summed E-state index contributed by atoms with van der Waals surface area (Å²) >= 11 is 0. The molecular weight excluding hydrogens is 524 g/mol. The van der Waals surface area contributed by atoms with Crippen molar-refractivity contribution in [2.75, 3.05) is 57.2 Å². The number of pyridine rings is 1. The summed E-state index contributed by atoms with van der Waals surface area (Å²) in [6.07, 6.45) is 4.87. The second-order valence-corrected chi connectivity index (χ2v) is 10.5. The quantitative estimate of drug-likeness (QED) is 0.265. The molecule has 2 aromatic heterocycles. The largest absolute Gasteiger partial charge is 0.377 e. The van der Waals surface area contributed by atoms with E-state index in [0.717, 1.165) is 42.0 Å². The van der Waals surface area contributed by atoms with Crippen molar-refractivity contribution in [3.8, 4) is 11.3 Å². The van der Waals surface area contributed by atoms with Crippen LogP contribution in [-0.4, -0.2) is 79.5 Å². The molecule has 0 aromatic carbocycles. The van der Waals surface area contributed by atoms with Gasteiger partial charge in [0.2, 0.25) is 5.95 Å². The molecule has 4 rings (SSSR count). The van der Waals surface area contributed by atoms with Crippen molar-refractivity contribution in [2.45, 2.75) is 27.2 Å². The molecule has 0 bridgehead atoms. The van der Waals surface area contributed by atoms with E-state index in [0.29, 0.717) is 35.0 Å². The smallest absolute Gasteiger partial charge is 0.252 e. The number of anilines is 2. The standard InChI is InChI=1S/C29H38N8O4/c1-17(10-31-26(30-4)19(3)27(39)32-13-23(38)16-41-5)18(2)28(40)36-25-8-6-7-24(35-25)22-11-33-29(34-12-22)37-14-20-9-21(20)15-37/h6-8,11-12,20-21,30-31H,9-10,13-16H2,1-5H3,(H,32,39)(H,35,36,40)/b18-17-,26-19+. The highest BCUT2D eigenvalue weighted by Crippen LogP contribution is 2.45. The maximum Gasteiger partial charge on any atom is 0.252 e. The van der Waals surface area contributed by atoms with Gasteiger partial charge < -0.3 is 30.9 Å². The Balaban J connectivity index is 1.34. The number of fused-ring (bicyclic) bond motifs is 1. The average molecular weight is 563 g/mol. The van der Waals surface area contributed by atoms with Crippen LogP contribution >= 0.6 is 0 Å². The van der Waals surface area contributed by atoms with Gasteiger partial charge in [0, 0.05) is 57.3 Å². The Hall–Kier alpha value is -4.32. The fraction of sp³-hybridized carbons (Fsp3) is 0.448. The zero-order valence-electron chi connectivity index (χ0n) is 24.2. The lowest BCUT2D eigenvalue weighted by atomic mass is 10.1. The Morgan fingerprint density at radius 3 is 2.34 bits per heavy atom. The van der Waals surface area contributed by atoms with Crippen molar-refractivity contribution in [1.82, 2.24) is 30.9 Å². The van der Waals surface area contributed by atoms with Crippen LogP contribution in [0.4, 0.5) is 11.8 Å². The molecule has 218 valence electrons. The van der Waals surface area contributed by atoms with Crippen LogP contribution < -0.4 is 26.2 Å². The Morgan fingerprint density at radius 2 is 1.68 bits per heavy atom. The summed E-state index contributed by atoms with van der Waals surface area (Å²) in [5.74, 6) is 2.36. The van der Waals surface area contributed by atoms with Gasteiger partial charge in [-0.1, -0.05) is 6.07 Å². The fourth-order valence-corrected chi connectivity index (χ4v) is 4.65. The number of hydrogen-bond acceptors (Lipinski definition) is 10. The van der Waals surface area contributed by atoms with Gasteiger partial charge >= 0.3 is 0 Å². The molecule has 1 saturated heterocycles. The SMILES string of the molecule is CN/C(NC/C(C)=C(/C)C(=O)Nc1cccc(-c2cnc(N3CC4CC4C3)nc2)n1)=C(/C)C(=O)NCC(=O)COC. The zero-order chi connectivity index (χ0) is 29.5. The molecule has 2 amide bonds. The number of hydrogen-bond donors (Lipinski definition) is 4. The molecule has 1 saturated carbocycles. The second-order valence-electron chi connectivity index (χ2n) is 10.5. The van der Waals surface area contributed by atoms with E-state index in [4.69, 9.17) is 4.74 Å². The first kappa shape index (κ1) is 29.7. The minimum absolute atomic E-state index is 0.0632. The third kappa shape index (κ3) is 7.66. The van der Waals surface area contributed by atoms with E-state index in [9.17, 15) is 14.4 Å². The van der Waals surface area contributed by atoms with Crippen molar-refractivity contribution < 1.29 is 19.1 Å². The van der Waals surface area contributed by atoms with Gasteiger partial charge in [-0.3, -0.25) is 14.4 Å². The van der Waals surface area contributed by atoms with Crippen molar-refractivity contribution in [3.63, 3.8) is 0 Å². The number of ether oxygens (including phenoxy) is 1. The number of methoxy groups -OCH3 is 1. The number of carbonyl (C=O) groups is 3. The van der Waals surface area contributed by atoms with Gasteiger partial charge in [0.05, 0.1) is 17.8 Å². The van der Waals surface area contributed by atoms with Gasteiger partial charge in [-0.25, -0.2) is 15.0 Å². The van der Waals surface area contributed by atoms with Crippen LogP contribution in [0.1, 0.15) is 27.2 Å². The molecular formula is C29H38N8O4. The van der Waals surface area contributed by atoms with Gasteiger partial charge in [0.1, 0.15) is 18.2 Å². The zero-order valence-corrected chi connectivity index (χ0v) is 24.2. The van der Waals surface area contributed by atoms with Crippen LogP contribution in [0.5, 0.6) is 0 Å². The van der Waals surface area contributed by atoms with E-state index >= 15 is 0 Å². The molecule has 41 heavy (non-hydrogen) atoms. The molecule has 2 fully saturated rings. The summed E-state index contributed by atoms with van der Waals surface area (Å²) in [4.78, 5) is 52.9. The lowest BCUT2D eigenvalue weighted by Crippen LogP contribution is -2.35. The topological polar surface area (TPSA) is 150 Å². The Bertz CT molecular complexity index is 1340. The molecule has 0 spiro atoms. The molecule has 3 heterocycles. The first-order valence-electron chi connectivity index (χ1n) is 13.6. The Morgan fingerprint density at radius 1 is 0.976 bits per heavy atom. The predicted octanol–water partition coefficient (Wildman–Crippen LogP) is 1.64. The van der Waals surface area contributed by atoms with E-state index in [2.05, 4.69) is 41.1 Å². The summed E-state index contributed by atoms with van der Waals surface area (Å²) in [5.41, 5.74) is 3.11. The highest BCUT2D eigenvalue weighted by Gasteiger charge is 2.45. The van der Waals surface area contributed by atoms with Gasteiger partial charge in [-0.05, 0) is 56.7 Å². The van der Waals surface area contributed by atoms with Crippen LogP contribution in [0.2, 0.25) is 0 Å². The molecule has 1 aliphatic heterocycles. The van der Waals surface area contributed by atoms with Crippen molar-refractivity contribution >= 4 is 29.4 Å². The maximum absolute atomic E-state index is 13.0. The minimum atomic E-state index is -0.388. The summed E-state index contributed by atoms with van der Waals surface area (Å²) in [7, 11) is 3.10. The van der Waals surface area contributed by atoms with E-state index < -0.39 is 0 Å². The number of piperidine rings is 1. The molecule has 2 aromatic rings.